The van der Waals surface area contributed by atoms with Crippen LogP contribution in [0.1, 0.15) is 71.6 Å². The van der Waals surface area contributed by atoms with E-state index in [4.69, 9.17) is 28.9 Å². The lowest BCUT2D eigenvalue weighted by atomic mass is 10.1. The number of carbonyl (C=O) groups is 3. The van der Waals surface area contributed by atoms with Crippen molar-refractivity contribution in [1.29, 1.82) is 0 Å². The van der Waals surface area contributed by atoms with Crippen LogP contribution in [0.2, 0.25) is 0 Å². The van der Waals surface area contributed by atoms with E-state index in [1.807, 2.05) is 30.5 Å². The number of likely N-dealkylation sites (tertiary alicyclic amines) is 1. The molecular formula is C35H44N4O7S. The van der Waals surface area contributed by atoms with Crippen molar-refractivity contribution in [2.75, 3.05) is 20.3 Å². The van der Waals surface area contributed by atoms with Crippen LogP contribution in [0.15, 0.2) is 36.2 Å². The molecule has 2 amide bonds. The highest BCUT2D eigenvalue weighted by atomic mass is 32.1. The molecule has 252 valence electrons. The van der Waals surface area contributed by atoms with Gasteiger partial charge in [-0.3, -0.25) is 9.69 Å². The smallest absolute Gasteiger partial charge is 0.411 e. The Morgan fingerprint density at radius 3 is 2.55 bits per heavy atom. The zero-order valence-electron chi connectivity index (χ0n) is 28.3. The largest absolute Gasteiger partial charge is 0.496 e. The van der Waals surface area contributed by atoms with E-state index in [2.05, 4.69) is 25.7 Å². The number of esters is 1. The van der Waals surface area contributed by atoms with Crippen LogP contribution < -0.4 is 14.8 Å². The Bertz CT molecular complexity index is 1700. The van der Waals surface area contributed by atoms with Gasteiger partial charge in [-0.2, -0.15) is 0 Å². The highest BCUT2D eigenvalue weighted by Gasteiger charge is 2.62. The minimum atomic E-state index is -1.21. The molecule has 1 aliphatic carbocycles. The zero-order valence-corrected chi connectivity index (χ0v) is 29.2. The van der Waals surface area contributed by atoms with Crippen LogP contribution >= 0.6 is 11.3 Å². The van der Waals surface area contributed by atoms with Gasteiger partial charge in [-0.15, -0.1) is 17.9 Å². The van der Waals surface area contributed by atoms with Crippen molar-refractivity contribution in [2.24, 2.45) is 5.92 Å². The first-order chi connectivity index (χ1) is 22.2. The van der Waals surface area contributed by atoms with E-state index in [1.54, 1.807) is 40.9 Å². The Labute approximate surface area is 279 Å². The predicted octanol–water partition coefficient (Wildman–Crippen LogP) is 6.18. The third kappa shape index (κ3) is 6.93. The van der Waals surface area contributed by atoms with Crippen LogP contribution in [0.4, 0.5) is 4.79 Å². The molecule has 1 aliphatic heterocycles. The minimum Gasteiger partial charge on any atom is -0.496 e. The number of aromatic nitrogens is 2. The molecule has 4 atom stereocenters. The average molecular weight is 665 g/mol. The Balaban J connectivity index is 1.49. The molecular weight excluding hydrogens is 620 g/mol. The summed E-state index contributed by atoms with van der Waals surface area (Å²) in [5.41, 5.74) is 1.19. The second-order valence-corrected chi connectivity index (χ2v) is 14.2. The molecule has 0 radical (unpaired) electrons. The van der Waals surface area contributed by atoms with Gasteiger partial charge in [0.05, 0.1) is 31.5 Å². The van der Waals surface area contributed by atoms with Gasteiger partial charge in [0.25, 0.3) is 0 Å². The molecule has 2 fully saturated rings. The summed E-state index contributed by atoms with van der Waals surface area (Å²) >= 11 is 1.51. The van der Waals surface area contributed by atoms with Crippen LogP contribution in [0, 0.1) is 12.8 Å². The number of thiazole rings is 1. The molecule has 0 bridgehead atoms. The van der Waals surface area contributed by atoms with E-state index in [1.165, 1.54) is 16.2 Å². The summed E-state index contributed by atoms with van der Waals surface area (Å²) in [7, 11) is 1.62. The van der Waals surface area contributed by atoms with Crippen LogP contribution in [-0.2, 0) is 19.1 Å². The predicted molar refractivity (Wildman–Crippen MR) is 180 cm³/mol. The zero-order chi connectivity index (χ0) is 34.3. The number of benzene rings is 1. The number of nitrogens with one attached hydrogen (secondary N) is 1. The molecule has 0 unspecified atom stereocenters. The molecule has 2 aliphatic rings. The number of hydrogen-bond acceptors (Lipinski definition) is 10. The van der Waals surface area contributed by atoms with Gasteiger partial charge in [-0.25, -0.2) is 19.6 Å². The molecule has 11 nitrogen and oxygen atoms in total. The van der Waals surface area contributed by atoms with Gasteiger partial charge in [0.1, 0.15) is 45.5 Å². The average Bonchev–Trinajstić information content (AvgIpc) is 3.31. The summed E-state index contributed by atoms with van der Waals surface area (Å²) in [6.07, 6.45) is 0.971. The summed E-state index contributed by atoms with van der Waals surface area (Å²) in [6.45, 7) is 17.2. The molecule has 12 heteroatoms. The molecule has 1 aromatic carbocycles. The first-order valence-electron chi connectivity index (χ1n) is 15.9. The lowest BCUT2D eigenvalue weighted by Gasteiger charge is -2.28. The normalized spacial score (nSPS) is 22.2. The number of rotatable bonds is 10. The van der Waals surface area contributed by atoms with Crippen molar-refractivity contribution >= 4 is 40.2 Å². The van der Waals surface area contributed by atoms with Crippen molar-refractivity contribution in [2.45, 2.75) is 90.5 Å². The van der Waals surface area contributed by atoms with Gasteiger partial charge >= 0.3 is 12.1 Å². The Hall–Kier alpha value is -4.19. The molecule has 47 heavy (non-hydrogen) atoms. The first kappa shape index (κ1) is 34.2. The van der Waals surface area contributed by atoms with E-state index < -0.39 is 41.3 Å². The third-order valence-electron chi connectivity index (χ3n) is 8.47. The number of carbonyl (C=O) groups excluding carboxylic acids is 3. The van der Waals surface area contributed by atoms with Crippen LogP contribution in [0.3, 0.4) is 0 Å². The number of pyridine rings is 1. The van der Waals surface area contributed by atoms with E-state index in [-0.39, 0.29) is 31.4 Å². The van der Waals surface area contributed by atoms with Crippen LogP contribution in [0.5, 0.6) is 11.5 Å². The fourth-order valence-corrected chi connectivity index (χ4v) is 6.82. The number of amides is 2. The van der Waals surface area contributed by atoms with Gasteiger partial charge in [-0.1, -0.05) is 19.9 Å². The summed E-state index contributed by atoms with van der Waals surface area (Å²) in [4.78, 5) is 51.4. The first-order valence-corrected chi connectivity index (χ1v) is 16.8. The van der Waals surface area contributed by atoms with Crippen LogP contribution in [0.25, 0.3) is 21.6 Å². The number of nitrogens with zero attached hydrogens (tertiary/aromatic N) is 3. The highest BCUT2D eigenvalue weighted by molar-refractivity contribution is 7.13. The highest BCUT2D eigenvalue weighted by Crippen LogP contribution is 2.46. The summed E-state index contributed by atoms with van der Waals surface area (Å²) < 4.78 is 23.2. The summed E-state index contributed by atoms with van der Waals surface area (Å²) in [5.74, 6) is 0.236. The number of aryl methyl sites for hydroxylation is 1. The summed E-state index contributed by atoms with van der Waals surface area (Å²) in [5, 5.41) is 6.45. The minimum absolute atomic E-state index is 0.0906. The van der Waals surface area contributed by atoms with Gasteiger partial charge in [0.15, 0.2) is 0 Å². The van der Waals surface area contributed by atoms with E-state index >= 15 is 0 Å². The molecule has 3 aromatic rings. The number of ether oxygens (including phenoxy) is 4. The molecule has 2 aromatic heterocycles. The van der Waals surface area contributed by atoms with Crippen LogP contribution in [-0.4, -0.2) is 76.4 Å². The molecule has 1 saturated carbocycles. The Morgan fingerprint density at radius 2 is 1.96 bits per heavy atom. The third-order valence-corrected chi connectivity index (χ3v) is 9.35. The van der Waals surface area contributed by atoms with Gasteiger partial charge in [0, 0.05) is 34.7 Å². The van der Waals surface area contributed by atoms with Gasteiger partial charge < -0.3 is 24.3 Å². The monoisotopic (exact) mass is 664 g/mol. The summed E-state index contributed by atoms with van der Waals surface area (Å²) in [6, 6.07) is 4.67. The Kier molecular flexibility index (Phi) is 9.54. The van der Waals surface area contributed by atoms with Gasteiger partial charge in [0.2, 0.25) is 5.91 Å². The van der Waals surface area contributed by atoms with E-state index in [0.29, 0.717) is 29.1 Å². The fraction of sp³-hybridized carbons (Fsp3) is 0.514. The molecule has 0 spiro atoms. The maximum absolute atomic E-state index is 13.9. The van der Waals surface area contributed by atoms with Crippen molar-refractivity contribution in [3.05, 3.63) is 47.5 Å². The topological polar surface area (TPSA) is 129 Å². The van der Waals surface area contributed by atoms with Crippen molar-refractivity contribution < 1.29 is 33.3 Å². The molecule has 1 N–H and O–H groups in total. The van der Waals surface area contributed by atoms with Crippen molar-refractivity contribution in [3.63, 3.8) is 0 Å². The SMILES string of the molecule is C=C[C@@H]1C[C@]1(NC(=O)[C@@H]1C[C@@H](Oc2cc(-c3nc(C(C)C)cs3)nc3c(C)c(OC)ccc23)CN1C(=O)OC(C)(C)C)C(=O)OCC. The van der Waals surface area contributed by atoms with Crippen molar-refractivity contribution in [1.82, 2.24) is 20.2 Å². The fourth-order valence-electron chi connectivity index (χ4n) is 5.87. The van der Waals surface area contributed by atoms with E-state index in [9.17, 15) is 14.4 Å². The second kappa shape index (κ2) is 13.1. The Morgan fingerprint density at radius 1 is 1.21 bits per heavy atom. The quantitative estimate of drug-likeness (QED) is 0.200. The lowest BCUT2D eigenvalue weighted by Crippen LogP contribution is -2.53. The maximum atomic E-state index is 13.9. The molecule has 1 saturated heterocycles. The number of hydrogen-bond donors (Lipinski definition) is 1. The second-order valence-electron chi connectivity index (χ2n) is 13.4. The maximum Gasteiger partial charge on any atom is 0.411 e. The standard InChI is InChI=1S/C35H44N4O7S/c1-10-21-16-35(21,32(41)44-11-2)38-30(40)26-14-22(17-39(26)33(42)46-34(6,7)8)45-28-15-24(31-37-25(18-47-31)19(3)4)36-29-20(5)27(43-9)13-12-23(28)29/h10,12-13,15,18-19,21-22,26H,1,11,14,16-17H2,2-9H3,(H,38,40)/t21-,22-,26+,35-/m1/s1. The molecule has 3 heterocycles. The van der Waals surface area contributed by atoms with Gasteiger partial charge in [-0.05, 0) is 59.1 Å². The number of methoxy groups -OCH3 is 1. The molecule has 5 rings (SSSR count). The number of fused-ring (bicyclic) bond motifs is 1. The lowest BCUT2D eigenvalue weighted by molar-refractivity contribution is -0.149. The van der Waals surface area contributed by atoms with E-state index in [0.717, 1.165) is 21.7 Å². The van der Waals surface area contributed by atoms with Crippen molar-refractivity contribution in [3.8, 4) is 22.2 Å².